The Morgan fingerprint density at radius 2 is 1.75 bits per heavy atom. The molecule has 0 amide bonds. The Bertz CT molecular complexity index is 328. The van der Waals surface area contributed by atoms with E-state index in [9.17, 15) is 13.2 Å². The highest BCUT2D eigenvalue weighted by atomic mass is 35.7. The predicted molar refractivity (Wildman–Crippen MR) is 63.3 cm³/mol. The van der Waals surface area contributed by atoms with Gasteiger partial charge in [-0.15, -0.1) is 17.1 Å². The van der Waals surface area contributed by atoms with E-state index in [-0.39, 0.29) is 0 Å². The Balaban J connectivity index is 3.06. The largest absolute Gasteiger partial charge is 0.528 e. The maximum atomic E-state index is 12.1. The zero-order valence-electron chi connectivity index (χ0n) is 6.62. The predicted octanol–water partition coefficient (Wildman–Crippen LogP) is 6.56. The summed E-state index contributed by atoms with van der Waals surface area (Å²) in [5.74, 6) is 0. The minimum absolute atomic E-state index is 0.424. The van der Waals surface area contributed by atoms with E-state index >= 15 is 0 Å². The second-order valence-electron chi connectivity index (χ2n) is 2.06. The van der Waals surface area contributed by atoms with Gasteiger partial charge in [-0.2, -0.15) is 4.52 Å². The van der Waals surface area contributed by atoms with E-state index in [0.29, 0.717) is 3.96 Å². The van der Waals surface area contributed by atoms with Gasteiger partial charge in [0.2, 0.25) is 7.58 Å². The molecule has 0 saturated carbocycles. The molecular weight excluding hydrogens is 397 g/mol. The maximum Gasteiger partial charge on any atom is 0.528 e. The van der Waals surface area contributed by atoms with E-state index in [0.717, 1.165) is 3.96 Å². The summed E-state index contributed by atoms with van der Waals surface area (Å²) in [6.07, 6.45) is -5.00. The Kier molecular flexibility index (Phi) is 5.78. The van der Waals surface area contributed by atoms with Gasteiger partial charge in [0, 0.05) is 0 Å². The van der Waals surface area contributed by atoms with Gasteiger partial charge in [0.25, 0.3) is 6.78 Å². The third-order valence-corrected chi connectivity index (χ3v) is 13.7. The van der Waals surface area contributed by atoms with Crippen LogP contribution in [0.1, 0.15) is 0 Å². The fraction of sp³-hybridized carbons (Fsp3) is 1.00. The first-order valence-corrected chi connectivity index (χ1v) is 10.5. The monoisotopic (exact) mass is 395 g/mol. The Hall–Kier alpha value is 2.21. The number of alkyl halides is 3. The minimum Gasteiger partial charge on any atom is -0.225 e. The lowest BCUT2D eigenvalue weighted by molar-refractivity contribution is -0.272. The van der Waals surface area contributed by atoms with Gasteiger partial charge in [0.15, 0.2) is 7.58 Å². The molecule has 1 aliphatic rings. The van der Waals surface area contributed by atoms with Crippen LogP contribution in [0.3, 0.4) is 0 Å². The van der Waals surface area contributed by atoms with Gasteiger partial charge >= 0.3 is 6.36 Å². The fourth-order valence-corrected chi connectivity index (χ4v) is 11.6. The molecule has 16 heavy (non-hydrogen) atoms. The molecule has 3 atom stereocenters. The van der Waals surface area contributed by atoms with Crippen molar-refractivity contribution in [3.63, 3.8) is 0 Å². The van der Waals surface area contributed by atoms with Crippen molar-refractivity contribution in [3.05, 3.63) is 0 Å². The second-order valence-corrected chi connectivity index (χ2v) is 11.9. The van der Waals surface area contributed by atoms with Crippen molar-refractivity contribution in [3.8, 4) is 0 Å². The first-order valence-electron chi connectivity index (χ1n) is 3.00. The molecular formula is CCl5F3N3OP3. The molecule has 0 saturated heterocycles. The van der Waals surface area contributed by atoms with Crippen molar-refractivity contribution < 1.29 is 17.7 Å². The molecule has 0 bridgehead atoms. The van der Waals surface area contributed by atoms with Gasteiger partial charge in [0.05, 0.1) is 0 Å². The summed E-state index contributed by atoms with van der Waals surface area (Å²) in [5.41, 5.74) is 0. The summed E-state index contributed by atoms with van der Waals surface area (Å²) < 4.78 is 44.5. The average molecular weight is 397 g/mol. The third kappa shape index (κ3) is 3.85. The molecule has 0 spiro atoms. The van der Waals surface area contributed by atoms with Crippen molar-refractivity contribution in [2.75, 3.05) is 0 Å². The van der Waals surface area contributed by atoms with Gasteiger partial charge in [-0.3, -0.25) is 0 Å². The fourth-order valence-electron chi connectivity index (χ4n) is 0.554. The molecule has 0 aromatic rings. The van der Waals surface area contributed by atoms with Crippen LogP contribution in [0.25, 0.3) is 0 Å². The number of halogens is 8. The number of hydrogen-bond acceptors (Lipinski definition) is 4. The smallest absolute Gasteiger partial charge is 0.225 e. The van der Waals surface area contributed by atoms with Crippen LogP contribution in [-0.2, 0) is 4.52 Å². The topological polar surface area (TPSA) is 28.1 Å². The van der Waals surface area contributed by atoms with Crippen LogP contribution in [0.4, 0.5) is 13.2 Å². The Morgan fingerprint density at radius 1 is 1.25 bits per heavy atom. The van der Waals surface area contributed by atoms with Crippen LogP contribution in [0, 0.1) is 0 Å². The van der Waals surface area contributed by atoms with Crippen molar-refractivity contribution >= 4 is 79.2 Å². The number of nitrogens with zero attached hydrogens (tertiary/aromatic N) is 3. The highest BCUT2D eigenvalue weighted by Crippen LogP contribution is 2.85. The molecule has 1 heterocycles. The number of rotatable bonds is 1. The van der Waals surface area contributed by atoms with Crippen molar-refractivity contribution in [2.24, 2.45) is 4.52 Å². The van der Waals surface area contributed by atoms with Gasteiger partial charge in [0.1, 0.15) is 0 Å². The molecule has 1 aliphatic heterocycles. The van der Waals surface area contributed by atoms with E-state index in [2.05, 4.69) is 9.04 Å². The molecule has 4 nitrogen and oxygen atoms in total. The molecule has 0 N–H and O–H groups in total. The zero-order chi connectivity index (χ0) is 12.7. The van der Waals surface area contributed by atoms with Gasteiger partial charge in [-0.05, 0) is 46.0 Å². The van der Waals surface area contributed by atoms with E-state index in [1.54, 1.807) is 0 Å². The molecule has 15 heteroatoms. The summed E-state index contributed by atoms with van der Waals surface area (Å²) in [6.45, 7) is -3.99. The highest BCUT2D eigenvalue weighted by Gasteiger charge is 2.49. The van der Waals surface area contributed by atoms with E-state index in [1.165, 1.54) is 0 Å². The first kappa shape index (κ1) is 16.3. The van der Waals surface area contributed by atoms with Crippen LogP contribution >= 0.6 is 79.2 Å². The van der Waals surface area contributed by atoms with Crippen molar-refractivity contribution in [1.82, 2.24) is 7.92 Å². The molecule has 0 radical (unpaired) electrons. The summed E-state index contributed by atoms with van der Waals surface area (Å²) in [4.78, 5) is 0. The van der Waals surface area contributed by atoms with Crippen molar-refractivity contribution in [2.45, 2.75) is 6.36 Å². The van der Waals surface area contributed by atoms with E-state index in [1.807, 2.05) is 0 Å². The molecule has 3 unspecified atom stereocenters. The van der Waals surface area contributed by atoms with Gasteiger partial charge in [-0.1, -0.05) is 15.2 Å². The summed E-state index contributed by atoms with van der Waals surface area (Å²) >= 11 is 27.8. The van der Waals surface area contributed by atoms with Crippen LogP contribution in [0.5, 0.6) is 0 Å². The lowest BCUT2D eigenvalue weighted by atomic mass is 11.4. The lowest BCUT2D eigenvalue weighted by Crippen LogP contribution is -2.17. The average Bonchev–Trinajstić information content (AvgIpc) is 2.09. The van der Waals surface area contributed by atoms with Crippen LogP contribution in [0.2, 0.25) is 0 Å². The van der Waals surface area contributed by atoms with Gasteiger partial charge < -0.3 is 0 Å². The first-order chi connectivity index (χ1) is 7.07. The highest BCUT2D eigenvalue weighted by molar-refractivity contribution is 8.06. The minimum atomic E-state index is -5.00. The summed E-state index contributed by atoms with van der Waals surface area (Å²) in [7, 11) is -4.03. The number of hydrogen-bond donors (Lipinski definition) is 0. The van der Waals surface area contributed by atoms with Crippen LogP contribution in [0.15, 0.2) is 4.52 Å². The molecule has 0 aliphatic carbocycles. The molecule has 96 valence electrons. The standard InChI is InChI=1S/CCl5F3N3OP3/c2-11-14(4)10-16(6,12(3)15(11)5)13-1(7,8)9. The SMILES string of the molecule is FC(F)(F)OP1(Cl)=NP(Cl)N(Cl)P(Cl)N1Cl. The van der Waals surface area contributed by atoms with Crippen molar-refractivity contribution in [1.29, 1.82) is 0 Å². The molecule has 0 fully saturated rings. The Labute approximate surface area is 115 Å². The maximum absolute atomic E-state index is 12.1. The Morgan fingerprint density at radius 3 is 2.19 bits per heavy atom. The van der Waals surface area contributed by atoms with E-state index < -0.39 is 28.3 Å². The quantitative estimate of drug-likeness (QED) is 0.370. The normalized spacial score (nSPS) is 38.5. The van der Waals surface area contributed by atoms with Crippen LogP contribution in [-0.4, -0.2) is 14.3 Å². The second kappa shape index (κ2) is 5.68. The summed E-state index contributed by atoms with van der Waals surface area (Å²) in [5, 5.41) is 0. The van der Waals surface area contributed by atoms with Gasteiger partial charge in [-0.25, -0.2) is 4.52 Å². The van der Waals surface area contributed by atoms with Crippen LogP contribution < -0.4 is 0 Å². The van der Waals surface area contributed by atoms with E-state index in [4.69, 9.17) is 57.3 Å². The molecule has 0 aromatic heterocycles. The summed E-state index contributed by atoms with van der Waals surface area (Å²) in [6, 6.07) is 0. The zero-order valence-corrected chi connectivity index (χ0v) is 13.1. The lowest BCUT2D eigenvalue weighted by Gasteiger charge is -2.36. The molecule has 1 rings (SSSR count). The third-order valence-electron chi connectivity index (χ3n) is 1.02. The molecule has 0 aromatic carbocycles.